The predicted octanol–water partition coefficient (Wildman–Crippen LogP) is 3.98. The van der Waals surface area contributed by atoms with Crippen LogP contribution in [-0.4, -0.2) is 53.1 Å². The first-order chi connectivity index (χ1) is 14.8. The SMILES string of the molecule is O=C(C1CCCN1c1ncnc2sccc12)N1CCCC(COc2ccccc2)C1. The van der Waals surface area contributed by atoms with Crippen molar-refractivity contribution < 1.29 is 9.53 Å². The van der Waals surface area contributed by atoms with Crippen LogP contribution >= 0.6 is 11.3 Å². The largest absolute Gasteiger partial charge is 0.493 e. The third kappa shape index (κ3) is 3.86. The quantitative estimate of drug-likeness (QED) is 0.623. The van der Waals surface area contributed by atoms with Gasteiger partial charge >= 0.3 is 0 Å². The molecule has 2 unspecified atom stereocenters. The highest BCUT2D eigenvalue weighted by atomic mass is 32.1. The number of nitrogens with zero attached hydrogens (tertiary/aromatic N) is 4. The van der Waals surface area contributed by atoms with Crippen LogP contribution in [0.4, 0.5) is 5.82 Å². The second kappa shape index (κ2) is 8.60. The van der Waals surface area contributed by atoms with Crippen LogP contribution in [0.25, 0.3) is 10.2 Å². The summed E-state index contributed by atoms with van der Waals surface area (Å²) in [5.74, 6) is 2.41. The van der Waals surface area contributed by atoms with E-state index in [1.54, 1.807) is 17.7 Å². The van der Waals surface area contributed by atoms with E-state index < -0.39 is 0 Å². The van der Waals surface area contributed by atoms with Crippen molar-refractivity contribution in [1.82, 2.24) is 14.9 Å². The summed E-state index contributed by atoms with van der Waals surface area (Å²) in [5, 5.41) is 3.09. The minimum Gasteiger partial charge on any atom is -0.493 e. The molecule has 0 spiro atoms. The number of hydrogen-bond donors (Lipinski definition) is 0. The van der Waals surface area contributed by atoms with Crippen molar-refractivity contribution in [3.05, 3.63) is 48.1 Å². The molecule has 0 aliphatic carbocycles. The van der Waals surface area contributed by atoms with Crippen molar-refractivity contribution in [3.8, 4) is 5.75 Å². The van der Waals surface area contributed by atoms with Gasteiger partial charge < -0.3 is 14.5 Å². The number of benzene rings is 1. The van der Waals surface area contributed by atoms with Gasteiger partial charge in [0.2, 0.25) is 5.91 Å². The molecule has 2 aliphatic heterocycles. The summed E-state index contributed by atoms with van der Waals surface area (Å²) in [6, 6.07) is 11.9. The first-order valence-electron chi connectivity index (χ1n) is 10.7. The smallest absolute Gasteiger partial charge is 0.245 e. The van der Waals surface area contributed by atoms with Crippen LogP contribution in [0, 0.1) is 5.92 Å². The maximum absolute atomic E-state index is 13.5. The lowest BCUT2D eigenvalue weighted by molar-refractivity contribution is -0.134. The predicted molar refractivity (Wildman–Crippen MR) is 119 cm³/mol. The fraction of sp³-hybridized carbons (Fsp3) is 0.435. The van der Waals surface area contributed by atoms with Crippen LogP contribution in [0.1, 0.15) is 25.7 Å². The van der Waals surface area contributed by atoms with Gasteiger partial charge in [0.25, 0.3) is 0 Å². The Bertz CT molecular complexity index is 1010. The van der Waals surface area contributed by atoms with E-state index in [1.165, 1.54) is 0 Å². The summed E-state index contributed by atoms with van der Waals surface area (Å²) >= 11 is 1.61. The molecule has 0 saturated carbocycles. The number of fused-ring (bicyclic) bond motifs is 1. The minimum atomic E-state index is -0.128. The van der Waals surface area contributed by atoms with Crippen molar-refractivity contribution in [3.63, 3.8) is 0 Å². The van der Waals surface area contributed by atoms with Gasteiger partial charge in [0.1, 0.15) is 28.8 Å². The molecular formula is C23H26N4O2S. The Kier molecular flexibility index (Phi) is 5.53. The van der Waals surface area contributed by atoms with Gasteiger partial charge in [0.05, 0.1) is 12.0 Å². The van der Waals surface area contributed by atoms with Crippen LogP contribution in [0.3, 0.4) is 0 Å². The first-order valence-corrected chi connectivity index (χ1v) is 11.6. The molecule has 2 aliphatic rings. The van der Waals surface area contributed by atoms with E-state index in [-0.39, 0.29) is 11.9 Å². The Morgan fingerprint density at radius 3 is 2.87 bits per heavy atom. The number of ether oxygens (including phenoxy) is 1. The van der Waals surface area contributed by atoms with Crippen LogP contribution in [-0.2, 0) is 4.79 Å². The van der Waals surface area contributed by atoms with Gasteiger partial charge in [0, 0.05) is 25.6 Å². The van der Waals surface area contributed by atoms with E-state index >= 15 is 0 Å². The summed E-state index contributed by atoms with van der Waals surface area (Å²) in [6.45, 7) is 3.13. The number of hydrogen-bond acceptors (Lipinski definition) is 6. The molecule has 1 amide bonds. The highest BCUT2D eigenvalue weighted by Crippen LogP contribution is 2.33. The number of aromatic nitrogens is 2. The van der Waals surface area contributed by atoms with Gasteiger partial charge in [-0.15, -0.1) is 11.3 Å². The van der Waals surface area contributed by atoms with Crippen molar-refractivity contribution >= 4 is 33.3 Å². The fourth-order valence-electron chi connectivity index (χ4n) is 4.63. The molecule has 156 valence electrons. The Morgan fingerprint density at radius 1 is 1.10 bits per heavy atom. The van der Waals surface area contributed by atoms with Gasteiger partial charge in [-0.3, -0.25) is 4.79 Å². The van der Waals surface area contributed by atoms with E-state index in [2.05, 4.69) is 25.8 Å². The number of carbonyl (C=O) groups excluding carboxylic acids is 1. The zero-order valence-corrected chi connectivity index (χ0v) is 17.8. The second-order valence-electron chi connectivity index (χ2n) is 8.10. The lowest BCUT2D eigenvalue weighted by atomic mass is 9.98. The topological polar surface area (TPSA) is 58.6 Å². The van der Waals surface area contributed by atoms with Gasteiger partial charge in [-0.1, -0.05) is 18.2 Å². The number of thiophene rings is 1. The van der Waals surface area contributed by atoms with Gasteiger partial charge in [-0.25, -0.2) is 9.97 Å². The maximum atomic E-state index is 13.5. The maximum Gasteiger partial charge on any atom is 0.245 e. The van der Waals surface area contributed by atoms with Crippen molar-refractivity contribution in [2.75, 3.05) is 31.1 Å². The zero-order valence-electron chi connectivity index (χ0n) is 16.9. The highest BCUT2D eigenvalue weighted by molar-refractivity contribution is 7.16. The molecule has 0 bridgehead atoms. The third-order valence-corrected chi connectivity index (χ3v) is 6.93. The summed E-state index contributed by atoms with van der Waals surface area (Å²) in [7, 11) is 0. The van der Waals surface area contributed by atoms with Gasteiger partial charge in [-0.05, 0) is 49.3 Å². The van der Waals surface area contributed by atoms with Gasteiger partial charge in [-0.2, -0.15) is 0 Å². The summed E-state index contributed by atoms with van der Waals surface area (Å²) in [5.41, 5.74) is 0. The summed E-state index contributed by atoms with van der Waals surface area (Å²) < 4.78 is 5.96. The molecule has 4 heterocycles. The molecule has 3 aromatic rings. The van der Waals surface area contributed by atoms with Crippen LogP contribution in [0.2, 0.25) is 0 Å². The number of para-hydroxylation sites is 1. The molecule has 2 aromatic heterocycles. The lowest BCUT2D eigenvalue weighted by Crippen LogP contribution is -2.50. The lowest BCUT2D eigenvalue weighted by Gasteiger charge is -2.36. The molecule has 2 saturated heterocycles. The van der Waals surface area contributed by atoms with Crippen molar-refractivity contribution in [1.29, 1.82) is 0 Å². The van der Waals surface area contributed by atoms with E-state index in [0.29, 0.717) is 12.5 Å². The molecule has 30 heavy (non-hydrogen) atoms. The molecule has 2 atom stereocenters. The molecule has 5 rings (SSSR count). The summed E-state index contributed by atoms with van der Waals surface area (Å²) in [4.78, 5) is 27.6. The highest BCUT2D eigenvalue weighted by Gasteiger charge is 2.37. The molecule has 1 aromatic carbocycles. The monoisotopic (exact) mass is 422 g/mol. The average Bonchev–Trinajstić information content (AvgIpc) is 3.47. The van der Waals surface area contributed by atoms with Gasteiger partial charge in [0.15, 0.2) is 0 Å². The Labute approximate surface area is 180 Å². The first kappa shape index (κ1) is 19.3. The number of likely N-dealkylation sites (tertiary alicyclic amines) is 1. The number of rotatable bonds is 5. The number of piperidine rings is 1. The fourth-order valence-corrected chi connectivity index (χ4v) is 5.35. The minimum absolute atomic E-state index is 0.128. The number of anilines is 1. The van der Waals surface area contributed by atoms with Crippen molar-refractivity contribution in [2.24, 2.45) is 5.92 Å². The van der Waals surface area contributed by atoms with Crippen LogP contribution < -0.4 is 9.64 Å². The van der Waals surface area contributed by atoms with Crippen molar-refractivity contribution in [2.45, 2.75) is 31.7 Å². The molecular weight excluding hydrogens is 396 g/mol. The second-order valence-corrected chi connectivity index (χ2v) is 9.00. The standard InChI is InChI=1S/C23H26N4O2S/c28-23(26-11-4-6-17(14-26)15-29-18-7-2-1-3-8-18)20-9-5-12-27(20)21-19-10-13-30-22(19)25-16-24-21/h1-3,7-8,10,13,16-17,20H,4-6,9,11-12,14-15H2. The molecule has 7 heteroatoms. The Balaban J connectivity index is 1.27. The number of carbonyl (C=O) groups is 1. The molecule has 0 N–H and O–H groups in total. The van der Waals surface area contributed by atoms with E-state index in [0.717, 1.165) is 67.1 Å². The normalized spacial score (nSPS) is 21.9. The molecule has 2 fully saturated rings. The third-order valence-electron chi connectivity index (χ3n) is 6.11. The molecule has 6 nitrogen and oxygen atoms in total. The van der Waals surface area contributed by atoms with Crippen LogP contribution in [0.15, 0.2) is 48.1 Å². The van der Waals surface area contributed by atoms with E-state index in [4.69, 9.17) is 4.74 Å². The van der Waals surface area contributed by atoms with E-state index in [9.17, 15) is 4.79 Å². The van der Waals surface area contributed by atoms with Crippen LogP contribution in [0.5, 0.6) is 5.75 Å². The number of amides is 1. The Morgan fingerprint density at radius 2 is 1.97 bits per heavy atom. The average molecular weight is 423 g/mol. The Hall–Kier alpha value is -2.67. The van der Waals surface area contributed by atoms with E-state index in [1.807, 2.05) is 35.7 Å². The zero-order chi connectivity index (χ0) is 20.3. The molecule has 0 radical (unpaired) electrons. The summed E-state index contributed by atoms with van der Waals surface area (Å²) in [6.07, 6.45) is 5.65.